The van der Waals surface area contributed by atoms with E-state index in [1.54, 1.807) is 0 Å². The molecule has 2 aliphatic heterocycles. The fourth-order valence-corrected chi connectivity index (χ4v) is 7.35. The van der Waals surface area contributed by atoms with Crippen molar-refractivity contribution in [2.75, 3.05) is 0 Å². The molecule has 2 heterocycles. The van der Waals surface area contributed by atoms with Crippen LogP contribution in [-0.4, -0.2) is 0 Å². The Labute approximate surface area is 190 Å². The Bertz CT molecular complexity index is 1240. The largest absolute Gasteiger partial charge is 0.372 e. The Hall–Kier alpha value is -2.77. The van der Waals surface area contributed by atoms with Crippen molar-refractivity contribution in [3.63, 3.8) is 0 Å². The van der Waals surface area contributed by atoms with Gasteiger partial charge in [0.25, 0.3) is 0 Å². The maximum absolute atomic E-state index is 5.84. The molecule has 0 fully saturated rings. The molecule has 0 atom stereocenters. The summed E-state index contributed by atoms with van der Waals surface area (Å²) in [7, 11) is -0.702. The minimum absolute atomic E-state index is 0.699. The lowest BCUT2D eigenvalue weighted by molar-refractivity contribution is 0.134. The van der Waals surface area contributed by atoms with Crippen molar-refractivity contribution in [3.8, 4) is 11.1 Å². The number of ether oxygens (including phenoxy) is 2. The Morgan fingerprint density at radius 2 is 1.03 bits per heavy atom. The minimum Gasteiger partial charge on any atom is -0.372 e. The van der Waals surface area contributed by atoms with Crippen LogP contribution in [0.3, 0.4) is 0 Å². The normalized spacial score (nSPS) is 14.6. The van der Waals surface area contributed by atoms with E-state index in [9.17, 15) is 0 Å². The molecular formula is C29H25O2P. The zero-order valence-corrected chi connectivity index (χ0v) is 19.1. The van der Waals surface area contributed by atoms with Crippen LogP contribution in [0, 0.1) is 6.92 Å². The van der Waals surface area contributed by atoms with Crippen LogP contribution in [-0.2, 0) is 35.9 Å². The van der Waals surface area contributed by atoms with Crippen LogP contribution in [0.2, 0.25) is 0 Å². The van der Waals surface area contributed by atoms with Gasteiger partial charge in [-0.1, -0.05) is 66.7 Å². The summed E-state index contributed by atoms with van der Waals surface area (Å²) in [5, 5.41) is 4.15. The zero-order valence-electron chi connectivity index (χ0n) is 18.2. The van der Waals surface area contributed by atoms with E-state index >= 15 is 0 Å². The van der Waals surface area contributed by atoms with Crippen molar-refractivity contribution in [2.45, 2.75) is 33.4 Å². The van der Waals surface area contributed by atoms with Gasteiger partial charge in [0.15, 0.2) is 0 Å². The van der Waals surface area contributed by atoms with Crippen molar-refractivity contribution in [1.82, 2.24) is 0 Å². The first-order valence-electron chi connectivity index (χ1n) is 11.1. The molecule has 0 aliphatic carbocycles. The SMILES string of the molecule is Cc1cc2c(cc1-c1cc3c(cc1P(c1ccccc1)c1ccccc1)COC3)COC2. The second-order valence-electron chi connectivity index (χ2n) is 8.57. The summed E-state index contributed by atoms with van der Waals surface area (Å²) >= 11 is 0. The first-order valence-corrected chi connectivity index (χ1v) is 12.5. The number of benzene rings is 4. The maximum Gasteiger partial charge on any atom is 0.0725 e. The number of rotatable bonds is 4. The standard InChI is InChI=1S/C29H25O2P/c1-20-12-21-16-30-17-22(21)13-27(20)28-14-23-18-31-19-24(23)15-29(28)32(25-8-4-2-5-9-25)26-10-6-3-7-11-26/h2-15H,16-19H2,1H3. The number of hydrogen-bond donors (Lipinski definition) is 0. The van der Waals surface area contributed by atoms with E-state index in [2.05, 4.69) is 91.9 Å². The lowest BCUT2D eigenvalue weighted by Gasteiger charge is -2.24. The average molecular weight is 436 g/mol. The molecule has 0 unspecified atom stereocenters. The zero-order chi connectivity index (χ0) is 21.5. The Kier molecular flexibility index (Phi) is 5.15. The molecule has 0 amide bonds. The Morgan fingerprint density at radius 1 is 0.562 bits per heavy atom. The minimum atomic E-state index is -0.702. The van der Waals surface area contributed by atoms with Gasteiger partial charge in [-0.3, -0.25) is 0 Å². The van der Waals surface area contributed by atoms with Crippen LogP contribution in [0.5, 0.6) is 0 Å². The van der Waals surface area contributed by atoms with Gasteiger partial charge in [-0.25, -0.2) is 0 Å². The van der Waals surface area contributed by atoms with Gasteiger partial charge < -0.3 is 9.47 Å². The highest BCUT2D eigenvalue weighted by Gasteiger charge is 2.25. The predicted octanol–water partition coefficient (Wildman–Crippen LogP) is 5.48. The first kappa shape index (κ1) is 19.9. The molecule has 0 bridgehead atoms. The number of aryl methyl sites for hydroxylation is 1. The highest BCUT2D eigenvalue weighted by Crippen LogP contribution is 2.41. The third-order valence-electron chi connectivity index (χ3n) is 6.45. The molecule has 3 heteroatoms. The molecule has 2 aliphatic rings. The van der Waals surface area contributed by atoms with E-state index in [-0.39, 0.29) is 0 Å². The van der Waals surface area contributed by atoms with Gasteiger partial charge in [0.2, 0.25) is 0 Å². The average Bonchev–Trinajstić information content (AvgIpc) is 3.48. The van der Waals surface area contributed by atoms with Gasteiger partial charge >= 0.3 is 0 Å². The summed E-state index contributed by atoms with van der Waals surface area (Å²) in [5.74, 6) is 0. The number of hydrogen-bond acceptors (Lipinski definition) is 2. The van der Waals surface area contributed by atoms with E-state index in [0.29, 0.717) is 19.8 Å². The van der Waals surface area contributed by atoms with Crippen molar-refractivity contribution in [3.05, 3.63) is 113 Å². The van der Waals surface area contributed by atoms with Crippen LogP contribution in [0.4, 0.5) is 0 Å². The number of fused-ring (bicyclic) bond motifs is 2. The molecule has 0 spiro atoms. The van der Waals surface area contributed by atoms with Gasteiger partial charge in [-0.2, -0.15) is 0 Å². The first-order chi connectivity index (χ1) is 15.8. The molecular weight excluding hydrogens is 411 g/mol. The molecule has 4 aromatic carbocycles. The monoisotopic (exact) mass is 436 g/mol. The van der Waals surface area contributed by atoms with Crippen molar-refractivity contribution in [2.24, 2.45) is 0 Å². The van der Waals surface area contributed by atoms with Gasteiger partial charge in [-0.05, 0) is 87.9 Å². The summed E-state index contributed by atoms with van der Waals surface area (Å²) in [5.41, 5.74) is 9.24. The fraction of sp³-hybridized carbons (Fsp3) is 0.172. The molecule has 0 radical (unpaired) electrons. The van der Waals surface area contributed by atoms with Crippen LogP contribution < -0.4 is 15.9 Å². The highest BCUT2D eigenvalue weighted by molar-refractivity contribution is 7.80. The van der Waals surface area contributed by atoms with E-state index in [1.165, 1.54) is 54.9 Å². The molecule has 0 saturated heterocycles. The third kappa shape index (κ3) is 3.49. The van der Waals surface area contributed by atoms with E-state index < -0.39 is 7.92 Å². The molecule has 0 N–H and O–H groups in total. The highest BCUT2D eigenvalue weighted by atomic mass is 31.1. The molecule has 158 valence electrons. The molecule has 32 heavy (non-hydrogen) atoms. The van der Waals surface area contributed by atoms with E-state index in [0.717, 1.165) is 6.61 Å². The lowest BCUT2D eigenvalue weighted by atomic mass is 9.93. The summed E-state index contributed by atoms with van der Waals surface area (Å²) in [4.78, 5) is 0. The summed E-state index contributed by atoms with van der Waals surface area (Å²) in [6.07, 6.45) is 0. The van der Waals surface area contributed by atoms with Gasteiger partial charge in [-0.15, -0.1) is 0 Å². The smallest absolute Gasteiger partial charge is 0.0725 e. The topological polar surface area (TPSA) is 18.5 Å². The van der Waals surface area contributed by atoms with Crippen LogP contribution in [0.1, 0.15) is 27.8 Å². The molecule has 6 rings (SSSR count). The lowest BCUT2D eigenvalue weighted by Crippen LogP contribution is -2.23. The van der Waals surface area contributed by atoms with Crippen molar-refractivity contribution in [1.29, 1.82) is 0 Å². The molecule has 0 saturated carbocycles. The molecule has 0 aromatic heterocycles. The second-order valence-corrected chi connectivity index (χ2v) is 10.8. The van der Waals surface area contributed by atoms with Crippen molar-refractivity contribution >= 4 is 23.8 Å². The fourth-order valence-electron chi connectivity index (χ4n) is 4.84. The predicted molar refractivity (Wildman–Crippen MR) is 132 cm³/mol. The van der Waals surface area contributed by atoms with Gasteiger partial charge in [0.1, 0.15) is 0 Å². The van der Waals surface area contributed by atoms with Crippen LogP contribution in [0.25, 0.3) is 11.1 Å². The maximum atomic E-state index is 5.84. The second kappa shape index (κ2) is 8.30. The third-order valence-corrected chi connectivity index (χ3v) is 8.94. The van der Waals surface area contributed by atoms with Gasteiger partial charge in [0.05, 0.1) is 26.4 Å². The van der Waals surface area contributed by atoms with E-state index in [4.69, 9.17) is 9.47 Å². The van der Waals surface area contributed by atoms with Gasteiger partial charge in [0, 0.05) is 0 Å². The van der Waals surface area contributed by atoms with Crippen LogP contribution >= 0.6 is 7.92 Å². The van der Waals surface area contributed by atoms with E-state index in [1.807, 2.05) is 0 Å². The van der Waals surface area contributed by atoms with Crippen LogP contribution in [0.15, 0.2) is 84.9 Å². The quantitative estimate of drug-likeness (QED) is 0.395. The molecule has 2 nitrogen and oxygen atoms in total. The molecule has 4 aromatic rings. The Morgan fingerprint density at radius 3 is 1.59 bits per heavy atom. The summed E-state index contributed by atoms with van der Waals surface area (Å²) in [6, 6.07) is 31.4. The van der Waals surface area contributed by atoms with Crippen molar-refractivity contribution < 1.29 is 9.47 Å². The Balaban J connectivity index is 1.62. The summed E-state index contributed by atoms with van der Waals surface area (Å²) in [6.45, 7) is 5.06. The summed E-state index contributed by atoms with van der Waals surface area (Å²) < 4.78 is 11.6.